The Bertz CT molecular complexity index is 572. The lowest BCUT2D eigenvalue weighted by molar-refractivity contribution is -0.0530. The SMILES string of the molecule is C[C@@H]1CN(C(=O)Nc2ccc(N3C[C@@H](C)O[C@@H](C)C3)cc2)C[C@@H](C)O1. The third-order valence-electron chi connectivity index (χ3n) is 4.61. The Labute approximate surface area is 150 Å². The summed E-state index contributed by atoms with van der Waals surface area (Å²) in [7, 11) is 0. The summed E-state index contributed by atoms with van der Waals surface area (Å²) in [6.45, 7) is 11.2. The molecular weight excluding hydrogens is 318 g/mol. The Morgan fingerprint density at radius 1 is 0.880 bits per heavy atom. The molecule has 25 heavy (non-hydrogen) atoms. The standard InChI is InChI=1S/C19H29N3O3/c1-13-9-21(10-14(2)24-13)18-7-5-17(6-8-18)20-19(23)22-11-15(3)25-16(4)12-22/h5-8,13-16H,9-12H2,1-4H3,(H,20,23)/t13-,14+,15-,16-/m1/s1. The zero-order valence-electron chi connectivity index (χ0n) is 15.6. The van der Waals surface area contributed by atoms with E-state index in [4.69, 9.17) is 9.47 Å². The van der Waals surface area contributed by atoms with Crippen LogP contribution in [0.1, 0.15) is 27.7 Å². The third kappa shape index (κ3) is 4.64. The highest BCUT2D eigenvalue weighted by Crippen LogP contribution is 2.22. The van der Waals surface area contributed by atoms with Gasteiger partial charge in [0.1, 0.15) is 0 Å². The van der Waals surface area contributed by atoms with Gasteiger partial charge in [0.05, 0.1) is 24.4 Å². The molecule has 3 rings (SSSR count). The molecule has 1 aromatic carbocycles. The number of carbonyl (C=O) groups is 1. The number of ether oxygens (including phenoxy) is 2. The average Bonchev–Trinajstić information content (AvgIpc) is 2.53. The normalized spacial score (nSPS) is 30.2. The summed E-state index contributed by atoms with van der Waals surface area (Å²) in [6.07, 6.45) is 0.603. The Kier molecular flexibility index (Phi) is 5.49. The van der Waals surface area contributed by atoms with E-state index in [0.29, 0.717) is 13.1 Å². The largest absolute Gasteiger partial charge is 0.372 e. The predicted molar refractivity (Wildman–Crippen MR) is 99.3 cm³/mol. The molecule has 0 spiro atoms. The first-order valence-electron chi connectivity index (χ1n) is 9.12. The highest BCUT2D eigenvalue weighted by Gasteiger charge is 2.26. The van der Waals surface area contributed by atoms with Gasteiger partial charge in [-0.15, -0.1) is 0 Å². The lowest BCUT2D eigenvalue weighted by Gasteiger charge is -2.37. The smallest absolute Gasteiger partial charge is 0.322 e. The maximum Gasteiger partial charge on any atom is 0.322 e. The molecule has 0 bridgehead atoms. The molecular formula is C19H29N3O3. The van der Waals surface area contributed by atoms with Gasteiger partial charge in [-0.05, 0) is 52.0 Å². The van der Waals surface area contributed by atoms with Gasteiger partial charge in [0, 0.05) is 37.6 Å². The molecule has 2 fully saturated rings. The number of carbonyl (C=O) groups excluding carboxylic acids is 1. The van der Waals surface area contributed by atoms with Gasteiger partial charge in [0.15, 0.2) is 0 Å². The average molecular weight is 347 g/mol. The van der Waals surface area contributed by atoms with Crippen LogP contribution in [0.25, 0.3) is 0 Å². The van der Waals surface area contributed by atoms with E-state index in [2.05, 4.69) is 36.2 Å². The van der Waals surface area contributed by atoms with E-state index in [0.717, 1.165) is 24.5 Å². The van der Waals surface area contributed by atoms with E-state index in [9.17, 15) is 4.79 Å². The van der Waals surface area contributed by atoms with Gasteiger partial charge in [-0.3, -0.25) is 0 Å². The fraction of sp³-hybridized carbons (Fsp3) is 0.632. The molecule has 2 aliphatic rings. The second-order valence-electron chi connectivity index (χ2n) is 7.30. The van der Waals surface area contributed by atoms with Crippen LogP contribution >= 0.6 is 0 Å². The molecule has 0 unspecified atom stereocenters. The lowest BCUT2D eigenvalue weighted by atomic mass is 10.2. The zero-order chi connectivity index (χ0) is 18.0. The maximum atomic E-state index is 12.5. The number of benzene rings is 1. The van der Waals surface area contributed by atoms with Crippen molar-refractivity contribution in [2.45, 2.75) is 52.1 Å². The summed E-state index contributed by atoms with van der Waals surface area (Å²) in [6, 6.07) is 7.98. The van der Waals surface area contributed by atoms with E-state index in [1.54, 1.807) is 0 Å². The zero-order valence-corrected chi connectivity index (χ0v) is 15.6. The van der Waals surface area contributed by atoms with Crippen molar-refractivity contribution in [3.8, 4) is 0 Å². The summed E-state index contributed by atoms with van der Waals surface area (Å²) < 4.78 is 11.5. The quantitative estimate of drug-likeness (QED) is 0.894. The fourth-order valence-electron chi connectivity index (χ4n) is 3.69. The summed E-state index contributed by atoms with van der Waals surface area (Å²) in [5, 5.41) is 2.99. The van der Waals surface area contributed by atoms with Crippen LogP contribution in [0, 0.1) is 0 Å². The number of hydrogen-bond acceptors (Lipinski definition) is 4. The second kappa shape index (κ2) is 7.62. The van der Waals surface area contributed by atoms with Gasteiger partial charge in [-0.25, -0.2) is 4.79 Å². The van der Waals surface area contributed by atoms with Crippen molar-refractivity contribution in [1.82, 2.24) is 4.90 Å². The number of morpholine rings is 2. The van der Waals surface area contributed by atoms with Crippen LogP contribution in [0.4, 0.5) is 16.2 Å². The molecule has 0 radical (unpaired) electrons. The molecule has 2 aliphatic heterocycles. The van der Waals surface area contributed by atoms with Crippen molar-refractivity contribution in [2.24, 2.45) is 0 Å². The van der Waals surface area contributed by atoms with Crippen LogP contribution < -0.4 is 10.2 Å². The molecule has 138 valence electrons. The lowest BCUT2D eigenvalue weighted by Crippen LogP contribution is -2.49. The Balaban J connectivity index is 1.60. The van der Waals surface area contributed by atoms with Crippen molar-refractivity contribution in [3.63, 3.8) is 0 Å². The first-order valence-corrected chi connectivity index (χ1v) is 9.12. The molecule has 1 aromatic rings. The van der Waals surface area contributed by atoms with E-state index in [1.165, 1.54) is 0 Å². The first-order chi connectivity index (χ1) is 11.9. The van der Waals surface area contributed by atoms with E-state index < -0.39 is 0 Å². The number of urea groups is 1. The van der Waals surface area contributed by atoms with Gasteiger partial charge in [0.2, 0.25) is 0 Å². The van der Waals surface area contributed by atoms with Crippen molar-refractivity contribution in [3.05, 3.63) is 24.3 Å². The summed E-state index contributed by atoms with van der Waals surface area (Å²) >= 11 is 0. The number of nitrogens with one attached hydrogen (secondary N) is 1. The van der Waals surface area contributed by atoms with Crippen LogP contribution in [0.3, 0.4) is 0 Å². The number of nitrogens with zero attached hydrogens (tertiary/aromatic N) is 2. The van der Waals surface area contributed by atoms with Crippen LogP contribution in [-0.4, -0.2) is 61.5 Å². The van der Waals surface area contributed by atoms with Crippen molar-refractivity contribution >= 4 is 17.4 Å². The number of anilines is 2. The number of rotatable bonds is 2. The van der Waals surface area contributed by atoms with Crippen LogP contribution in [0.2, 0.25) is 0 Å². The Morgan fingerprint density at radius 2 is 1.36 bits per heavy atom. The minimum atomic E-state index is -0.0663. The van der Waals surface area contributed by atoms with E-state index in [-0.39, 0.29) is 30.4 Å². The molecule has 6 heteroatoms. The molecule has 4 atom stereocenters. The van der Waals surface area contributed by atoms with Crippen molar-refractivity contribution < 1.29 is 14.3 Å². The molecule has 6 nitrogen and oxygen atoms in total. The monoisotopic (exact) mass is 347 g/mol. The fourth-order valence-corrected chi connectivity index (χ4v) is 3.69. The van der Waals surface area contributed by atoms with Crippen LogP contribution in [0.15, 0.2) is 24.3 Å². The number of hydrogen-bond donors (Lipinski definition) is 1. The van der Waals surface area contributed by atoms with Crippen LogP contribution in [0.5, 0.6) is 0 Å². The van der Waals surface area contributed by atoms with Crippen LogP contribution in [-0.2, 0) is 9.47 Å². The summed E-state index contributed by atoms with van der Waals surface area (Å²) in [5.41, 5.74) is 1.98. The Morgan fingerprint density at radius 3 is 1.88 bits per heavy atom. The molecule has 0 aromatic heterocycles. The molecule has 1 N–H and O–H groups in total. The van der Waals surface area contributed by atoms with E-state index >= 15 is 0 Å². The highest BCUT2D eigenvalue weighted by atomic mass is 16.5. The maximum absolute atomic E-state index is 12.5. The summed E-state index contributed by atoms with van der Waals surface area (Å²) in [4.78, 5) is 16.6. The van der Waals surface area contributed by atoms with Gasteiger partial charge < -0.3 is 24.6 Å². The molecule has 2 heterocycles. The van der Waals surface area contributed by atoms with Crippen molar-refractivity contribution in [2.75, 3.05) is 36.4 Å². The highest BCUT2D eigenvalue weighted by molar-refractivity contribution is 5.89. The molecule has 2 amide bonds. The third-order valence-corrected chi connectivity index (χ3v) is 4.61. The van der Waals surface area contributed by atoms with Gasteiger partial charge in [-0.1, -0.05) is 0 Å². The molecule has 2 saturated heterocycles. The Hall–Kier alpha value is -1.79. The van der Waals surface area contributed by atoms with E-state index in [1.807, 2.05) is 30.9 Å². The van der Waals surface area contributed by atoms with Crippen molar-refractivity contribution in [1.29, 1.82) is 0 Å². The predicted octanol–water partition coefficient (Wildman–Crippen LogP) is 2.94. The number of amides is 2. The first kappa shape index (κ1) is 18.0. The van der Waals surface area contributed by atoms with Gasteiger partial charge in [-0.2, -0.15) is 0 Å². The van der Waals surface area contributed by atoms with Gasteiger partial charge in [0.25, 0.3) is 0 Å². The second-order valence-corrected chi connectivity index (χ2v) is 7.30. The molecule has 0 saturated carbocycles. The molecule has 0 aliphatic carbocycles. The van der Waals surface area contributed by atoms with Gasteiger partial charge >= 0.3 is 6.03 Å². The topological polar surface area (TPSA) is 54.0 Å². The summed E-state index contributed by atoms with van der Waals surface area (Å²) in [5.74, 6) is 0. The minimum Gasteiger partial charge on any atom is -0.372 e. The minimum absolute atomic E-state index is 0.0663.